The minimum absolute atomic E-state index is 0.160. The van der Waals surface area contributed by atoms with E-state index in [0.717, 1.165) is 10.5 Å². The van der Waals surface area contributed by atoms with E-state index in [1.165, 1.54) is 5.69 Å². The van der Waals surface area contributed by atoms with Crippen LogP contribution in [0.2, 0.25) is 0 Å². The van der Waals surface area contributed by atoms with E-state index < -0.39 is 0 Å². The highest BCUT2D eigenvalue weighted by atomic mass is 32.1. The molecule has 0 saturated carbocycles. The number of nitrogens with one attached hydrogen (secondary N) is 1. The fourth-order valence-electron chi connectivity index (χ4n) is 1.99. The summed E-state index contributed by atoms with van der Waals surface area (Å²) < 4.78 is 2.90. The Labute approximate surface area is 107 Å². The highest BCUT2D eigenvalue weighted by Gasteiger charge is 2.15. The number of nitrogens with zero attached hydrogens (tertiary/aromatic N) is 2. The molecule has 0 bridgehead atoms. The monoisotopic (exact) mass is 247 g/mol. The van der Waals surface area contributed by atoms with Crippen LogP contribution in [0.15, 0.2) is 30.6 Å². The largest absolute Gasteiger partial charge is 0.337 e. The van der Waals surface area contributed by atoms with Crippen molar-refractivity contribution in [3.8, 4) is 0 Å². The summed E-state index contributed by atoms with van der Waals surface area (Å²) in [6.45, 7) is 6.46. The zero-order valence-corrected chi connectivity index (χ0v) is 11.2. The van der Waals surface area contributed by atoms with Crippen LogP contribution in [0, 0.1) is 4.77 Å². The Hall–Kier alpha value is -1.42. The van der Waals surface area contributed by atoms with Gasteiger partial charge in [-0.15, -0.1) is 0 Å². The van der Waals surface area contributed by atoms with Crippen LogP contribution >= 0.6 is 12.2 Å². The predicted octanol–water partition coefficient (Wildman–Crippen LogP) is 3.67. The van der Waals surface area contributed by atoms with E-state index in [2.05, 4.69) is 35.3 Å². The molecule has 1 unspecified atom stereocenters. The van der Waals surface area contributed by atoms with Crippen molar-refractivity contribution in [2.24, 2.45) is 0 Å². The van der Waals surface area contributed by atoms with Gasteiger partial charge in [0.2, 0.25) is 0 Å². The number of pyridine rings is 1. The third kappa shape index (κ3) is 2.31. The van der Waals surface area contributed by atoms with Crippen LogP contribution in [0.3, 0.4) is 0 Å². The molecule has 0 spiro atoms. The van der Waals surface area contributed by atoms with Gasteiger partial charge in [0.05, 0.1) is 11.7 Å². The molecule has 17 heavy (non-hydrogen) atoms. The molecule has 0 radical (unpaired) electrons. The fourth-order valence-corrected chi connectivity index (χ4v) is 2.31. The maximum absolute atomic E-state index is 5.35. The molecule has 0 fully saturated rings. The van der Waals surface area contributed by atoms with Gasteiger partial charge in [-0.05, 0) is 37.2 Å². The van der Waals surface area contributed by atoms with E-state index in [4.69, 9.17) is 12.2 Å². The Morgan fingerprint density at radius 2 is 2.06 bits per heavy atom. The maximum Gasteiger partial charge on any atom is 0.177 e. The fraction of sp³-hybridized carbons (Fsp3) is 0.385. The zero-order chi connectivity index (χ0) is 12.4. The van der Waals surface area contributed by atoms with Gasteiger partial charge in [-0.2, -0.15) is 0 Å². The average molecular weight is 247 g/mol. The molecular formula is C13H17N3S. The van der Waals surface area contributed by atoms with Crippen LogP contribution in [0.1, 0.15) is 44.1 Å². The number of hydrogen-bond donors (Lipinski definition) is 1. The van der Waals surface area contributed by atoms with Gasteiger partial charge in [-0.25, -0.2) is 0 Å². The van der Waals surface area contributed by atoms with E-state index in [0.29, 0.717) is 5.92 Å². The molecule has 2 rings (SSSR count). The minimum atomic E-state index is 0.160. The second kappa shape index (κ2) is 4.84. The highest BCUT2D eigenvalue weighted by Crippen LogP contribution is 2.23. The first-order chi connectivity index (χ1) is 8.11. The number of aromatic nitrogens is 3. The van der Waals surface area contributed by atoms with Gasteiger partial charge in [-0.1, -0.05) is 19.9 Å². The van der Waals surface area contributed by atoms with Gasteiger partial charge < -0.3 is 9.55 Å². The van der Waals surface area contributed by atoms with Gasteiger partial charge in [0, 0.05) is 18.1 Å². The SMILES string of the molecule is CC(C)c1c[nH]c(=S)n1C(C)c1ccccn1. The van der Waals surface area contributed by atoms with Crippen molar-refractivity contribution < 1.29 is 0 Å². The van der Waals surface area contributed by atoms with Crippen molar-refractivity contribution in [2.75, 3.05) is 0 Å². The molecule has 0 aliphatic heterocycles. The Bertz CT molecular complexity index is 539. The minimum Gasteiger partial charge on any atom is -0.337 e. The van der Waals surface area contributed by atoms with Crippen molar-refractivity contribution in [1.82, 2.24) is 14.5 Å². The Balaban J connectivity index is 2.47. The second-order valence-corrected chi connectivity index (χ2v) is 4.86. The van der Waals surface area contributed by atoms with Crippen molar-refractivity contribution in [1.29, 1.82) is 0 Å². The smallest absolute Gasteiger partial charge is 0.177 e. The van der Waals surface area contributed by atoms with Crippen LogP contribution in [0.4, 0.5) is 0 Å². The maximum atomic E-state index is 5.35. The van der Waals surface area contributed by atoms with Crippen molar-refractivity contribution in [3.05, 3.63) is 46.8 Å². The number of aromatic amines is 1. The first-order valence-corrected chi connectivity index (χ1v) is 6.23. The van der Waals surface area contributed by atoms with Crippen LogP contribution in [0.5, 0.6) is 0 Å². The van der Waals surface area contributed by atoms with E-state index in [1.807, 2.05) is 30.6 Å². The summed E-state index contributed by atoms with van der Waals surface area (Å²) >= 11 is 5.35. The summed E-state index contributed by atoms with van der Waals surface area (Å²) in [7, 11) is 0. The average Bonchev–Trinajstić information content (AvgIpc) is 2.71. The first-order valence-electron chi connectivity index (χ1n) is 5.82. The van der Waals surface area contributed by atoms with Crippen LogP contribution in [-0.2, 0) is 0 Å². The summed E-state index contributed by atoms with van der Waals surface area (Å²) in [5.74, 6) is 0.439. The zero-order valence-electron chi connectivity index (χ0n) is 10.3. The Morgan fingerprint density at radius 3 is 2.65 bits per heavy atom. The summed E-state index contributed by atoms with van der Waals surface area (Å²) in [6.07, 6.45) is 3.81. The van der Waals surface area contributed by atoms with E-state index in [-0.39, 0.29) is 6.04 Å². The molecule has 0 aliphatic rings. The topological polar surface area (TPSA) is 33.6 Å². The highest BCUT2D eigenvalue weighted by molar-refractivity contribution is 7.71. The van der Waals surface area contributed by atoms with Gasteiger partial charge >= 0.3 is 0 Å². The molecule has 0 saturated heterocycles. The van der Waals surface area contributed by atoms with Gasteiger partial charge in [0.1, 0.15) is 0 Å². The third-order valence-electron chi connectivity index (χ3n) is 2.94. The normalized spacial score (nSPS) is 12.9. The van der Waals surface area contributed by atoms with Crippen LogP contribution < -0.4 is 0 Å². The van der Waals surface area contributed by atoms with Crippen molar-refractivity contribution in [2.45, 2.75) is 32.7 Å². The summed E-state index contributed by atoms with van der Waals surface area (Å²) in [6, 6.07) is 6.12. The molecule has 2 aromatic rings. The predicted molar refractivity (Wildman–Crippen MR) is 71.8 cm³/mol. The van der Waals surface area contributed by atoms with Crippen molar-refractivity contribution >= 4 is 12.2 Å². The molecule has 2 heterocycles. The molecule has 0 aliphatic carbocycles. The quantitative estimate of drug-likeness (QED) is 0.839. The molecule has 1 atom stereocenters. The lowest BCUT2D eigenvalue weighted by Gasteiger charge is -2.17. The Morgan fingerprint density at radius 1 is 1.29 bits per heavy atom. The number of H-pyrrole nitrogens is 1. The molecule has 1 N–H and O–H groups in total. The van der Waals surface area contributed by atoms with Crippen molar-refractivity contribution in [3.63, 3.8) is 0 Å². The lowest BCUT2D eigenvalue weighted by Crippen LogP contribution is -2.12. The summed E-state index contributed by atoms with van der Waals surface area (Å²) in [5, 5.41) is 0. The van der Waals surface area contributed by atoms with Crippen LogP contribution in [0.25, 0.3) is 0 Å². The molecule has 0 aromatic carbocycles. The van der Waals surface area contributed by atoms with E-state index in [1.54, 1.807) is 0 Å². The lowest BCUT2D eigenvalue weighted by atomic mass is 10.1. The second-order valence-electron chi connectivity index (χ2n) is 4.47. The van der Waals surface area contributed by atoms with Crippen LogP contribution in [-0.4, -0.2) is 14.5 Å². The summed E-state index contributed by atoms with van der Waals surface area (Å²) in [5.41, 5.74) is 2.25. The van der Waals surface area contributed by atoms with Gasteiger partial charge in [0.25, 0.3) is 0 Å². The van der Waals surface area contributed by atoms with Gasteiger partial charge in [0.15, 0.2) is 4.77 Å². The summed E-state index contributed by atoms with van der Waals surface area (Å²) in [4.78, 5) is 7.51. The molecule has 0 amide bonds. The first kappa shape index (κ1) is 12.0. The number of hydrogen-bond acceptors (Lipinski definition) is 2. The molecular weight excluding hydrogens is 230 g/mol. The van der Waals surface area contributed by atoms with E-state index >= 15 is 0 Å². The van der Waals surface area contributed by atoms with E-state index in [9.17, 15) is 0 Å². The molecule has 3 nitrogen and oxygen atoms in total. The van der Waals surface area contributed by atoms with Gasteiger partial charge in [-0.3, -0.25) is 4.98 Å². The Kier molecular flexibility index (Phi) is 3.43. The third-order valence-corrected chi connectivity index (χ3v) is 3.25. The molecule has 2 aromatic heterocycles. The standard InChI is InChI=1S/C13H17N3S/c1-9(2)12-8-15-13(17)16(12)10(3)11-6-4-5-7-14-11/h4-10H,1-3H3,(H,15,17). The molecule has 4 heteroatoms. The number of rotatable bonds is 3. The number of imidazole rings is 1. The lowest BCUT2D eigenvalue weighted by molar-refractivity contribution is 0.569. The molecule has 90 valence electrons.